The molecule has 1 atom stereocenters. The summed E-state index contributed by atoms with van der Waals surface area (Å²) in [7, 11) is 0. The van der Waals surface area contributed by atoms with E-state index in [4.69, 9.17) is 11.6 Å². The van der Waals surface area contributed by atoms with Crippen molar-refractivity contribution in [3.8, 4) is 0 Å². The van der Waals surface area contributed by atoms with E-state index in [0.29, 0.717) is 5.02 Å². The molecule has 0 unspecified atom stereocenters. The molecule has 0 amide bonds. The number of nitrogens with one attached hydrogen (secondary N) is 1. The summed E-state index contributed by atoms with van der Waals surface area (Å²) in [6.07, 6.45) is -1.87. The Labute approximate surface area is 121 Å². The predicted molar refractivity (Wildman–Crippen MR) is 71.7 cm³/mol. The third-order valence-electron chi connectivity index (χ3n) is 3.46. The quantitative estimate of drug-likeness (QED) is 0.927. The van der Waals surface area contributed by atoms with Gasteiger partial charge in [0.1, 0.15) is 0 Å². The first-order valence-electron chi connectivity index (χ1n) is 6.58. The Morgan fingerprint density at radius 2 is 2.05 bits per heavy atom. The number of hydrogen-bond donors (Lipinski definition) is 1. The second-order valence-corrected chi connectivity index (χ2v) is 5.26. The zero-order chi connectivity index (χ0) is 14.6. The average Bonchev–Trinajstić information content (AvgIpc) is 2.41. The van der Waals surface area contributed by atoms with Gasteiger partial charge in [-0.1, -0.05) is 11.6 Å². The minimum atomic E-state index is -4.15. The Morgan fingerprint density at radius 1 is 1.35 bits per heavy atom. The SMILES string of the molecule is FC(F)(F)CC[C@@H](c1ccncc1Cl)N1CCNCC1. The summed E-state index contributed by atoms with van der Waals surface area (Å²) in [5, 5.41) is 3.63. The Morgan fingerprint density at radius 3 is 2.65 bits per heavy atom. The van der Waals surface area contributed by atoms with Crippen molar-refractivity contribution in [3.63, 3.8) is 0 Å². The van der Waals surface area contributed by atoms with E-state index in [1.807, 2.05) is 0 Å². The molecule has 2 rings (SSSR count). The van der Waals surface area contributed by atoms with Crippen LogP contribution in [0.25, 0.3) is 0 Å². The van der Waals surface area contributed by atoms with Gasteiger partial charge in [0.15, 0.2) is 0 Å². The average molecular weight is 308 g/mol. The first-order valence-corrected chi connectivity index (χ1v) is 6.96. The molecule has 20 heavy (non-hydrogen) atoms. The van der Waals surface area contributed by atoms with E-state index in [-0.39, 0.29) is 12.5 Å². The van der Waals surface area contributed by atoms with Crippen LogP contribution in [0.15, 0.2) is 18.5 Å². The molecule has 7 heteroatoms. The molecule has 0 radical (unpaired) electrons. The molecule has 0 aromatic carbocycles. The summed E-state index contributed by atoms with van der Waals surface area (Å²) in [6, 6.07) is 1.40. The fraction of sp³-hybridized carbons (Fsp3) is 0.615. The standard InChI is InChI=1S/C13H17ClF3N3/c14-11-9-19-4-2-10(11)12(1-3-13(15,16)17)20-7-5-18-6-8-20/h2,4,9,12,18H,1,3,5-8H2/t12-/m0/s1. The van der Waals surface area contributed by atoms with Gasteiger partial charge in [-0.3, -0.25) is 9.88 Å². The Bertz CT molecular complexity index is 433. The molecule has 0 bridgehead atoms. The zero-order valence-electron chi connectivity index (χ0n) is 11.0. The number of pyridine rings is 1. The second-order valence-electron chi connectivity index (χ2n) is 4.85. The first-order chi connectivity index (χ1) is 9.47. The molecule has 1 aliphatic heterocycles. The Balaban J connectivity index is 2.17. The van der Waals surface area contributed by atoms with Crippen LogP contribution >= 0.6 is 11.6 Å². The van der Waals surface area contributed by atoms with Gasteiger partial charge in [-0.15, -0.1) is 0 Å². The molecule has 1 aliphatic rings. The third kappa shape index (κ3) is 4.33. The molecule has 1 aromatic rings. The number of nitrogens with zero attached hydrogens (tertiary/aromatic N) is 2. The molecule has 0 spiro atoms. The van der Waals surface area contributed by atoms with Crippen LogP contribution in [0, 0.1) is 0 Å². The van der Waals surface area contributed by atoms with Crippen molar-refractivity contribution in [2.24, 2.45) is 0 Å². The molecule has 2 heterocycles. The van der Waals surface area contributed by atoms with Gasteiger partial charge in [0, 0.05) is 51.0 Å². The fourth-order valence-corrected chi connectivity index (χ4v) is 2.73. The Kier molecular flexibility index (Phi) is 5.23. The third-order valence-corrected chi connectivity index (χ3v) is 3.77. The van der Waals surface area contributed by atoms with Crippen molar-refractivity contribution in [2.45, 2.75) is 25.1 Å². The maximum atomic E-state index is 12.5. The van der Waals surface area contributed by atoms with Crippen LogP contribution in [0.5, 0.6) is 0 Å². The van der Waals surface area contributed by atoms with Gasteiger partial charge < -0.3 is 5.32 Å². The van der Waals surface area contributed by atoms with E-state index >= 15 is 0 Å². The normalized spacial score (nSPS) is 19.0. The van der Waals surface area contributed by atoms with Crippen LogP contribution in [-0.2, 0) is 0 Å². The van der Waals surface area contributed by atoms with E-state index < -0.39 is 12.6 Å². The van der Waals surface area contributed by atoms with E-state index in [0.717, 1.165) is 31.7 Å². The van der Waals surface area contributed by atoms with Gasteiger partial charge in [0.2, 0.25) is 0 Å². The summed E-state index contributed by atoms with van der Waals surface area (Å²) in [5.41, 5.74) is 0.729. The van der Waals surface area contributed by atoms with Crippen molar-refractivity contribution in [2.75, 3.05) is 26.2 Å². The van der Waals surface area contributed by atoms with Gasteiger partial charge in [-0.25, -0.2) is 0 Å². The van der Waals surface area contributed by atoms with Crippen molar-refractivity contribution in [3.05, 3.63) is 29.0 Å². The summed E-state index contributed by atoms with van der Waals surface area (Å²) < 4.78 is 37.6. The molecule has 1 aromatic heterocycles. The molecule has 112 valence electrons. The number of piperazine rings is 1. The first kappa shape index (κ1) is 15.5. The van der Waals surface area contributed by atoms with Gasteiger partial charge in [0.25, 0.3) is 0 Å². The maximum Gasteiger partial charge on any atom is 0.389 e. The van der Waals surface area contributed by atoms with E-state index in [2.05, 4.69) is 15.2 Å². The number of aromatic nitrogens is 1. The monoisotopic (exact) mass is 307 g/mol. The summed E-state index contributed by atoms with van der Waals surface area (Å²) >= 11 is 6.10. The highest BCUT2D eigenvalue weighted by Crippen LogP contribution is 2.34. The lowest BCUT2D eigenvalue weighted by atomic mass is 10.0. The van der Waals surface area contributed by atoms with Crippen molar-refractivity contribution in [1.29, 1.82) is 0 Å². The largest absolute Gasteiger partial charge is 0.389 e. The number of halogens is 4. The summed E-state index contributed by atoms with van der Waals surface area (Å²) in [6.45, 7) is 3.01. The predicted octanol–water partition coefficient (Wildman–Crippen LogP) is 3.02. The van der Waals surface area contributed by atoms with E-state index in [1.165, 1.54) is 6.20 Å². The second kappa shape index (κ2) is 6.74. The lowest BCUT2D eigenvalue weighted by molar-refractivity contribution is -0.138. The summed E-state index contributed by atoms with van der Waals surface area (Å²) in [4.78, 5) is 5.96. The topological polar surface area (TPSA) is 28.2 Å². The molecular weight excluding hydrogens is 291 g/mol. The lowest BCUT2D eigenvalue weighted by Crippen LogP contribution is -2.45. The summed E-state index contributed by atoms with van der Waals surface area (Å²) in [5.74, 6) is 0. The van der Waals surface area contributed by atoms with Crippen molar-refractivity contribution >= 4 is 11.6 Å². The molecule has 3 nitrogen and oxygen atoms in total. The van der Waals surface area contributed by atoms with Gasteiger partial charge in [-0.2, -0.15) is 13.2 Å². The van der Waals surface area contributed by atoms with Crippen LogP contribution in [0.1, 0.15) is 24.4 Å². The van der Waals surface area contributed by atoms with E-state index in [9.17, 15) is 13.2 Å². The molecule has 0 aliphatic carbocycles. The molecule has 1 saturated heterocycles. The molecule has 0 saturated carbocycles. The van der Waals surface area contributed by atoms with Gasteiger partial charge in [0.05, 0.1) is 5.02 Å². The molecule has 1 N–H and O–H groups in total. The molecular formula is C13H17ClF3N3. The smallest absolute Gasteiger partial charge is 0.314 e. The Hall–Kier alpha value is -0.850. The minimum absolute atomic E-state index is 0.0211. The van der Waals surface area contributed by atoms with Crippen LogP contribution in [-0.4, -0.2) is 42.2 Å². The van der Waals surface area contributed by atoms with Crippen LogP contribution in [0.2, 0.25) is 5.02 Å². The zero-order valence-corrected chi connectivity index (χ0v) is 11.7. The van der Waals surface area contributed by atoms with Gasteiger partial charge in [-0.05, 0) is 18.1 Å². The lowest BCUT2D eigenvalue weighted by Gasteiger charge is -2.35. The minimum Gasteiger partial charge on any atom is -0.314 e. The molecule has 1 fully saturated rings. The highest BCUT2D eigenvalue weighted by molar-refractivity contribution is 6.31. The van der Waals surface area contributed by atoms with Crippen molar-refractivity contribution < 1.29 is 13.2 Å². The number of rotatable bonds is 4. The highest BCUT2D eigenvalue weighted by atomic mass is 35.5. The maximum absolute atomic E-state index is 12.5. The van der Waals surface area contributed by atoms with Gasteiger partial charge >= 0.3 is 6.18 Å². The van der Waals surface area contributed by atoms with E-state index in [1.54, 1.807) is 12.3 Å². The van der Waals surface area contributed by atoms with Crippen molar-refractivity contribution in [1.82, 2.24) is 15.2 Å². The van der Waals surface area contributed by atoms with Crippen LogP contribution in [0.3, 0.4) is 0 Å². The van der Waals surface area contributed by atoms with Crippen LogP contribution < -0.4 is 5.32 Å². The highest BCUT2D eigenvalue weighted by Gasteiger charge is 2.31. The van der Waals surface area contributed by atoms with Crippen LogP contribution in [0.4, 0.5) is 13.2 Å². The number of alkyl halides is 3. The number of hydrogen-bond acceptors (Lipinski definition) is 3. The fourth-order valence-electron chi connectivity index (χ4n) is 2.49.